The Morgan fingerprint density at radius 1 is 0.366 bits per heavy atom. The Balaban J connectivity index is 0.000000132. The number of aryl methyl sites for hydroxylation is 2. The minimum Gasteiger partial charge on any atom is -0.497 e. The molecule has 0 aliphatic carbocycles. The molecule has 0 unspecified atom stereocenters. The number of likely N-dealkylation sites (tertiary alicyclic amines) is 2. The first-order valence-corrected chi connectivity index (χ1v) is 48.0. The van der Waals surface area contributed by atoms with Crippen LogP contribution in [-0.4, -0.2) is 165 Å². The van der Waals surface area contributed by atoms with Crippen LogP contribution in [0.4, 0.5) is 35.4 Å². The number of para-hydroxylation sites is 13. The molecule has 8 heterocycles. The van der Waals surface area contributed by atoms with Crippen molar-refractivity contribution < 1.29 is 14.2 Å². The second-order valence-corrected chi connectivity index (χ2v) is 34.6. The van der Waals surface area contributed by atoms with Gasteiger partial charge in [-0.05, 0) is 225 Å². The van der Waals surface area contributed by atoms with Gasteiger partial charge in [0.25, 0.3) is 0 Å². The average Bonchev–Trinajstić information content (AvgIpc) is 1.68. The number of benzene rings is 10. The molecule has 131 heavy (non-hydrogen) atoms. The molecule has 0 saturated carbocycles. The van der Waals surface area contributed by atoms with Crippen LogP contribution in [0.1, 0.15) is 134 Å². The van der Waals surface area contributed by atoms with Crippen LogP contribution in [0.3, 0.4) is 0 Å². The summed E-state index contributed by atoms with van der Waals surface area (Å²) in [4.78, 5) is 38.7. The van der Waals surface area contributed by atoms with Crippen LogP contribution < -0.4 is 45.7 Å². The maximum atomic E-state index is 5.52. The summed E-state index contributed by atoms with van der Waals surface area (Å²) < 4.78 is 30.9. The molecule has 25 heteroatoms. The van der Waals surface area contributed by atoms with Gasteiger partial charge in [-0.15, -0.1) is 0 Å². The van der Waals surface area contributed by atoms with Gasteiger partial charge in [0.2, 0.25) is 29.7 Å². The van der Waals surface area contributed by atoms with Crippen LogP contribution in [0.5, 0.6) is 17.2 Å². The van der Waals surface area contributed by atoms with Gasteiger partial charge in [-0.25, -0.2) is 29.9 Å². The fourth-order valence-electron chi connectivity index (χ4n) is 17.5. The Hall–Kier alpha value is -12.4. The molecule has 2 saturated heterocycles. The lowest BCUT2D eigenvalue weighted by atomic mass is 10.1. The van der Waals surface area contributed by atoms with Crippen LogP contribution in [0.15, 0.2) is 241 Å². The van der Waals surface area contributed by atoms with Gasteiger partial charge < -0.3 is 87.8 Å². The number of hydrogen-bond donors (Lipinski definition) is 5. The van der Waals surface area contributed by atoms with Gasteiger partial charge >= 0.3 is 0 Å². The zero-order valence-corrected chi connectivity index (χ0v) is 80.2. The number of ether oxygens (including phenoxy) is 3. The van der Waals surface area contributed by atoms with E-state index in [0.717, 1.165) is 216 Å². The largest absolute Gasteiger partial charge is 0.497 e. The molecular formula is C106H134BrN21O3. The zero-order chi connectivity index (χ0) is 91.2. The second-order valence-electron chi connectivity index (χ2n) is 33.7. The smallest absolute Gasteiger partial charge is 0.204 e. The Bertz CT molecular complexity index is 6220. The van der Waals surface area contributed by atoms with Gasteiger partial charge in [0, 0.05) is 126 Å². The first-order valence-electron chi connectivity index (χ1n) is 47.2. The molecular weight excluding hydrogens is 1700 g/mol. The highest BCUT2D eigenvalue weighted by Crippen LogP contribution is 2.32. The van der Waals surface area contributed by atoms with Crippen LogP contribution in [0.2, 0.25) is 0 Å². The molecule has 2 fully saturated rings. The first-order chi connectivity index (χ1) is 64.2. The number of unbranched alkanes of at least 4 members (excludes halogenated alkanes) is 1. The number of nitrogens with zero attached hydrogens (tertiary/aromatic N) is 16. The summed E-state index contributed by atoms with van der Waals surface area (Å²) in [5.41, 5.74) is 19.3. The SMILES string of the molecule is Brc1cccc(CNc2nc3ccccc3n2CCN2CCCCC2)c1.CCCCn1c(NCc2nc3ccccc3n2C)nc2ccccc21.CCN(CC)CCn1c(NCc2ccc(OC)cc2OC)nc2ccccc21.CCN(CC)c1ccc(CNc2nc3ccccc3n2CCN2CCCCC2)cc1.COc1ccccc1CNc1nc2ccccc2n1C(C)C. The highest BCUT2D eigenvalue weighted by molar-refractivity contribution is 9.10. The number of methoxy groups -OCH3 is 3. The van der Waals surface area contributed by atoms with E-state index in [1.165, 1.54) is 98.1 Å². The van der Waals surface area contributed by atoms with Gasteiger partial charge in [0.15, 0.2) is 0 Å². The van der Waals surface area contributed by atoms with E-state index in [0.29, 0.717) is 25.7 Å². The van der Waals surface area contributed by atoms with Crippen molar-refractivity contribution in [3.8, 4) is 17.2 Å². The summed E-state index contributed by atoms with van der Waals surface area (Å²) in [5.74, 6) is 8.11. The second kappa shape index (κ2) is 47.9. The Labute approximate surface area is 781 Å². The van der Waals surface area contributed by atoms with Gasteiger partial charge in [-0.3, -0.25) is 0 Å². The lowest BCUT2D eigenvalue weighted by Crippen LogP contribution is -2.32. The molecule has 0 amide bonds. The lowest BCUT2D eigenvalue weighted by Gasteiger charge is -2.26. The highest BCUT2D eigenvalue weighted by atomic mass is 79.9. The topological polar surface area (TPSA) is 208 Å². The van der Waals surface area contributed by atoms with Crippen molar-refractivity contribution in [3.05, 3.63) is 269 Å². The van der Waals surface area contributed by atoms with Crippen LogP contribution in [0, 0.1) is 0 Å². The molecule has 10 aromatic carbocycles. The van der Waals surface area contributed by atoms with Gasteiger partial charge in [0.1, 0.15) is 23.1 Å². The number of imidazole rings is 6. The number of halogens is 1. The number of nitrogens with one attached hydrogen (secondary N) is 5. The molecule has 688 valence electrons. The van der Waals surface area contributed by atoms with Gasteiger partial charge in [0.05, 0.1) is 94.1 Å². The van der Waals surface area contributed by atoms with E-state index in [1.807, 2.05) is 78.9 Å². The fourth-order valence-corrected chi connectivity index (χ4v) is 18.0. The summed E-state index contributed by atoms with van der Waals surface area (Å²) in [7, 11) is 7.09. The van der Waals surface area contributed by atoms with Crippen molar-refractivity contribution in [1.29, 1.82) is 0 Å². The van der Waals surface area contributed by atoms with E-state index >= 15 is 0 Å². The molecule has 2 aliphatic heterocycles. The lowest BCUT2D eigenvalue weighted by molar-refractivity contribution is 0.222. The monoisotopic (exact) mass is 1830 g/mol. The minimum absolute atomic E-state index is 0.340. The number of anilines is 6. The maximum absolute atomic E-state index is 5.52. The van der Waals surface area contributed by atoms with Crippen LogP contribution in [0.25, 0.3) is 66.2 Å². The summed E-state index contributed by atoms with van der Waals surface area (Å²) >= 11 is 3.55. The van der Waals surface area contributed by atoms with Gasteiger partial charge in [-0.2, -0.15) is 0 Å². The van der Waals surface area contributed by atoms with E-state index in [4.69, 9.17) is 44.1 Å². The quantitative estimate of drug-likeness (QED) is 0.0247. The third-order valence-electron chi connectivity index (χ3n) is 24.9. The Kier molecular flexibility index (Phi) is 34.6. The summed E-state index contributed by atoms with van der Waals surface area (Å²) in [6.45, 7) is 35.0. The maximum Gasteiger partial charge on any atom is 0.204 e. The Morgan fingerprint density at radius 2 is 0.794 bits per heavy atom. The number of piperidine rings is 2. The molecule has 5 N–H and O–H groups in total. The fraction of sp³-hybridized carbons (Fsp3) is 0.377. The molecule has 0 bridgehead atoms. The van der Waals surface area contributed by atoms with Crippen molar-refractivity contribution in [2.45, 2.75) is 165 Å². The van der Waals surface area contributed by atoms with Crippen molar-refractivity contribution in [1.82, 2.24) is 72.0 Å². The molecule has 0 radical (unpaired) electrons. The molecule has 24 nitrogen and oxygen atoms in total. The average molecular weight is 1830 g/mol. The zero-order valence-electron chi connectivity index (χ0n) is 78.7. The predicted molar refractivity (Wildman–Crippen MR) is 546 cm³/mol. The number of likely N-dealkylation sites (N-methyl/N-ethyl adjacent to an activating group) is 1. The van der Waals surface area contributed by atoms with Crippen molar-refractivity contribution in [3.63, 3.8) is 0 Å². The summed E-state index contributed by atoms with van der Waals surface area (Å²) in [6, 6.07) is 81.5. The first kappa shape index (κ1) is 94.7. The van der Waals surface area contributed by atoms with Crippen molar-refractivity contribution >= 4 is 118 Å². The summed E-state index contributed by atoms with van der Waals surface area (Å²) in [5, 5.41) is 17.6. The van der Waals surface area contributed by atoms with Gasteiger partial charge in [-0.1, -0.05) is 171 Å². The summed E-state index contributed by atoms with van der Waals surface area (Å²) in [6.07, 6.45) is 10.4. The molecule has 18 rings (SSSR count). The Morgan fingerprint density at radius 3 is 1.27 bits per heavy atom. The van der Waals surface area contributed by atoms with Crippen molar-refractivity contribution in [2.75, 3.05) is 125 Å². The molecule has 0 spiro atoms. The third-order valence-corrected chi connectivity index (χ3v) is 25.4. The normalized spacial score (nSPS) is 12.9. The van der Waals surface area contributed by atoms with E-state index in [2.05, 4.69) is 303 Å². The third kappa shape index (κ3) is 24.8. The number of aromatic nitrogens is 12. The molecule has 16 aromatic rings. The predicted octanol–water partition coefficient (Wildman–Crippen LogP) is 22.5. The standard InChI is InChI=1S/C25H35N5.C22H30N4O2.C21H25BrN4.C20H23N5.C18H21N3O/c1-3-29(4-2)22-14-12-21(13-15-22)20-26-25-27-23-10-6-7-11-24(23)30(25)19-18-28-16-8-5-9-17-28;1-5-25(6-2)13-14-26-20-10-8-7-9-19(20)24-22(26)23-16-17-11-12-18(27-3)15-21(17)28-4;22-18-8-6-7-17(15-18)16-23-21-24-19-9-2-3-10-20(19)26(21)14-13-25-11-4-1-5-12-25;1-3-4-13-25-18-12-8-6-10-16(18)23-20(25)21-14-19-22-15-9-5-7-11-17(15)24(19)2;1-13(2)21-16-10-6-5-9-15(16)20-18(21)19-12-14-8-4-7-11-17(14)22-3/h6-7,10-15H,3-5,8-9,16-20H2,1-2H3,(H,26,27);7-12,15H,5-6,13-14,16H2,1-4H3,(H,23,24);2-3,6-10,15H,1,4-5,11-14,16H2,(H,23,24);5-12H,3-4,13-14H2,1-2H3,(H,21,23);4-11,13H,12H2,1-3H3,(H,19,20). The van der Waals surface area contributed by atoms with Crippen molar-refractivity contribution in [2.24, 2.45) is 7.05 Å². The van der Waals surface area contributed by atoms with E-state index < -0.39 is 0 Å². The molecule has 6 aromatic heterocycles. The number of fused-ring (bicyclic) bond motifs is 6. The van der Waals surface area contributed by atoms with E-state index in [9.17, 15) is 0 Å². The van der Waals surface area contributed by atoms with Crippen LogP contribution >= 0.6 is 15.9 Å². The molecule has 2 aliphatic rings. The van der Waals surface area contributed by atoms with E-state index in [-0.39, 0.29) is 0 Å². The highest BCUT2D eigenvalue weighted by Gasteiger charge is 2.21. The number of rotatable bonds is 36. The van der Waals surface area contributed by atoms with Crippen LogP contribution in [-0.2, 0) is 66.0 Å². The molecule has 0 atom stereocenters. The number of hydrogen-bond acceptors (Lipinski definition) is 18. The van der Waals surface area contributed by atoms with E-state index in [1.54, 1.807) is 21.3 Å². The minimum atomic E-state index is 0.340.